The molecule has 1 aromatic rings. The fourth-order valence-electron chi connectivity index (χ4n) is 3.42. The minimum absolute atomic E-state index is 0.284. The molecule has 0 aromatic heterocycles. The Balaban J connectivity index is 2.36. The van der Waals surface area contributed by atoms with Crippen LogP contribution in [-0.2, 0) is 19.3 Å². The summed E-state index contributed by atoms with van der Waals surface area (Å²) in [6, 6.07) is 4.61. The summed E-state index contributed by atoms with van der Waals surface area (Å²) < 4.78 is 0. The van der Waals surface area contributed by atoms with E-state index in [1.54, 1.807) is 0 Å². The number of piperidine rings is 1. The van der Waals surface area contributed by atoms with Gasteiger partial charge in [-0.1, -0.05) is 32.9 Å². The van der Waals surface area contributed by atoms with Crippen molar-refractivity contribution in [2.45, 2.75) is 59.0 Å². The summed E-state index contributed by atoms with van der Waals surface area (Å²) >= 11 is 0. The van der Waals surface area contributed by atoms with E-state index in [1.165, 1.54) is 22.3 Å². The third-order valence-corrected chi connectivity index (χ3v) is 4.71. The van der Waals surface area contributed by atoms with Gasteiger partial charge in [0.15, 0.2) is 0 Å². The first-order valence-electron chi connectivity index (χ1n) is 8.24. The number of hydrogen-bond donors (Lipinski definition) is 2. The molecule has 2 rings (SSSR count). The molecular weight excluding hydrogens is 246 g/mol. The zero-order valence-electron chi connectivity index (χ0n) is 13.2. The summed E-state index contributed by atoms with van der Waals surface area (Å²) in [5.74, 6) is 0.416. The van der Waals surface area contributed by atoms with Gasteiger partial charge in [0, 0.05) is 0 Å². The van der Waals surface area contributed by atoms with E-state index in [-0.39, 0.29) is 6.10 Å². The molecule has 2 N–H and O–H groups in total. The van der Waals surface area contributed by atoms with Gasteiger partial charge in [0.1, 0.15) is 0 Å². The van der Waals surface area contributed by atoms with Crippen LogP contribution in [0.5, 0.6) is 0 Å². The molecule has 0 radical (unpaired) electrons. The van der Waals surface area contributed by atoms with Gasteiger partial charge in [0.25, 0.3) is 0 Å². The van der Waals surface area contributed by atoms with Crippen molar-refractivity contribution in [1.82, 2.24) is 5.32 Å². The molecule has 0 spiro atoms. The first-order chi connectivity index (χ1) is 9.71. The standard InChI is InChI=1S/C18H29NO/c1-4-13-11-14(5-2)17(15(6-3)12-13)18(20)16-7-9-19-10-8-16/h11-12,16,18-20H,4-10H2,1-3H3. The van der Waals surface area contributed by atoms with Gasteiger partial charge in [-0.3, -0.25) is 0 Å². The molecule has 1 fully saturated rings. The second kappa shape index (κ2) is 7.24. The lowest BCUT2D eigenvalue weighted by molar-refractivity contribution is 0.0874. The summed E-state index contributed by atoms with van der Waals surface area (Å²) in [6.45, 7) is 8.69. The number of aliphatic hydroxyl groups excluding tert-OH is 1. The van der Waals surface area contributed by atoms with E-state index >= 15 is 0 Å². The molecule has 20 heavy (non-hydrogen) atoms. The van der Waals surface area contributed by atoms with Crippen molar-refractivity contribution >= 4 is 0 Å². The maximum absolute atomic E-state index is 10.9. The van der Waals surface area contributed by atoms with E-state index in [1.807, 2.05) is 0 Å². The molecule has 1 heterocycles. The lowest BCUT2D eigenvalue weighted by Crippen LogP contribution is -2.31. The van der Waals surface area contributed by atoms with Crippen LogP contribution in [0.1, 0.15) is 62.0 Å². The number of aliphatic hydroxyl groups is 1. The Bertz CT molecular complexity index is 410. The molecule has 0 aliphatic carbocycles. The highest BCUT2D eigenvalue weighted by Crippen LogP contribution is 2.34. The topological polar surface area (TPSA) is 32.3 Å². The highest BCUT2D eigenvalue weighted by atomic mass is 16.3. The average Bonchev–Trinajstić information content (AvgIpc) is 2.53. The van der Waals surface area contributed by atoms with Crippen LogP contribution in [0, 0.1) is 5.92 Å². The van der Waals surface area contributed by atoms with Crippen LogP contribution in [0.4, 0.5) is 0 Å². The molecule has 2 heteroatoms. The van der Waals surface area contributed by atoms with Gasteiger partial charge in [-0.15, -0.1) is 0 Å². The summed E-state index contributed by atoms with van der Waals surface area (Å²) in [7, 11) is 0. The van der Waals surface area contributed by atoms with E-state index in [2.05, 4.69) is 38.2 Å². The second-order valence-electron chi connectivity index (χ2n) is 5.92. The van der Waals surface area contributed by atoms with Gasteiger partial charge in [0.2, 0.25) is 0 Å². The smallest absolute Gasteiger partial charge is 0.0824 e. The van der Waals surface area contributed by atoms with Gasteiger partial charge in [-0.2, -0.15) is 0 Å². The van der Waals surface area contributed by atoms with Crippen LogP contribution in [-0.4, -0.2) is 18.2 Å². The zero-order valence-corrected chi connectivity index (χ0v) is 13.2. The van der Waals surface area contributed by atoms with Gasteiger partial charge < -0.3 is 10.4 Å². The SMILES string of the molecule is CCc1cc(CC)c(C(O)C2CCNCC2)c(CC)c1. The monoisotopic (exact) mass is 275 g/mol. The van der Waals surface area contributed by atoms with Crippen LogP contribution in [0.2, 0.25) is 0 Å². The average molecular weight is 275 g/mol. The molecular formula is C18H29NO. The predicted molar refractivity (Wildman–Crippen MR) is 85.1 cm³/mol. The van der Waals surface area contributed by atoms with E-state index in [4.69, 9.17) is 0 Å². The molecule has 2 nitrogen and oxygen atoms in total. The number of nitrogens with one attached hydrogen (secondary N) is 1. The van der Waals surface area contributed by atoms with Crippen molar-refractivity contribution in [3.63, 3.8) is 0 Å². The van der Waals surface area contributed by atoms with Gasteiger partial charge in [-0.25, -0.2) is 0 Å². The maximum atomic E-state index is 10.9. The number of benzene rings is 1. The zero-order chi connectivity index (χ0) is 14.5. The quantitative estimate of drug-likeness (QED) is 0.863. The van der Waals surface area contributed by atoms with Crippen molar-refractivity contribution in [3.05, 3.63) is 34.4 Å². The molecule has 1 aliphatic heterocycles. The van der Waals surface area contributed by atoms with E-state index in [9.17, 15) is 5.11 Å². The molecule has 1 saturated heterocycles. The van der Waals surface area contributed by atoms with Gasteiger partial charge in [-0.05, 0) is 73.4 Å². The van der Waals surface area contributed by atoms with Crippen molar-refractivity contribution in [1.29, 1.82) is 0 Å². The fourth-order valence-corrected chi connectivity index (χ4v) is 3.42. The normalized spacial score (nSPS) is 18.2. The van der Waals surface area contributed by atoms with E-state index in [0.717, 1.165) is 45.2 Å². The highest BCUT2D eigenvalue weighted by Gasteiger charge is 2.26. The summed E-state index contributed by atoms with van der Waals surface area (Å²) in [5.41, 5.74) is 5.35. The largest absolute Gasteiger partial charge is 0.388 e. The number of hydrogen-bond acceptors (Lipinski definition) is 2. The molecule has 1 aromatic carbocycles. The Labute approximate surface area is 123 Å². The lowest BCUT2D eigenvalue weighted by Gasteiger charge is -2.30. The molecule has 0 amide bonds. The molecule has 0 bridgehead atoms. The van der Waals surface area contributed by atoms with Crippen LogP contribution in [0.15, 0.2) is 12.1 Å². The third kappa shape index (κ3) is 3.24. The minimum Gasteiger partial charge on any atom is -0.388 e. The Morgan fingerprint density at radius 2 is 1.60 bits per heavy atom. The van der Waals surface area contributed by atoms with Crippen molar-refractivity contribution in [3.8, 4) is 0 Å². The first-order valence-corrected chi connectivity index (χ1v) is 8.24. The predicted octanol–water partition coefficient (Wildman–Crippen LogP) is 3.41. The minimum atomic E-state index is -0.284. The van der Waals surface area contributed by atoms with Crippen LogP contribution >= 0.6 is 0 Å². The third-order valence-electron chi connectivity index (χ3n) is 4.71. The summed E-state index contributed by atoms with van der Waals surface area (Å²) in [6.07, 6.45) is 4.99. The lowest BCUT2D eigenvalue weighted by atomic mass is 9.82. The maximum Gasteiger partial charge on any atom is 0.0824 e. The second-order valence-corrected chi connectivity index (χ2v) is 5.92. The number of aryl methyl sites for hydroxylation is 3. The van der Waals surface area contributed by atoms with E-state index < -0.39 is 0 Å². The van der Waals surface area contributed by atoms with Crippen LogP contribution in [0.25, 0.3) is 0 Å². The molecule has 1 aliphatic rings. The van der Waals surface area contributed by atoms with Crippen LogP contribution in [0.3, 0.4) is 0 Å². The van der Waals surface area contributed by atoms with Crippen molar-refractivity contribution in [2.75, 3.05) is 13.1 Å². The first kappa shape index (κ1) is 15.5. The fraction of sp³-hybridized carbons (Fsp3) is 0.667. The Kier molecular flexibility index (Phi) is 5.62. The number of rotatable bonds is 5. The Morgan fingerprint density at radius 3 is 2.05 bits per heavy atom. The molecule has 1 unspecified atom stereocenters. The summed E-state index contributed by atoms with van der Waals surface area (Å²) in [4.78, 5) is 0. The van der Waals surface area contributed by atoms with Gasteiger partial charge >= 0.3 is 0 Å². The van der Waals surface area contributed by atoms with Crippen molar-refractivity contribution < 1.29 is 5.11 Å². The van der Waals surface area contributed by atoms with E-state index in [0.29, 0.717) is 5.92 Å². The molecule has 1 atom stereocenters. The molecule has 0 saturated carbocycles. The van der Waals surface area contributed by atoms with Crippen LogP contribution < -0.4 is 5.32 Å². The van der Waals surface area contributed by atoms with Gasteiger partial charge in [0.05, 0.1) is 6.10 Å². The Morgan fingerprint density at radius 1 is 1.05 bits per heavy atom. The molecule has 112 valence electrons. The Hall–Kier alpha value is -0.860. The summed E-state index contributed by atoms with van der Waals surface area (Å²) in [5, 5.41) is 14.3. The van der Waals surface area contributed by atoms with Crippen molar-refractivity contribution in [2.24, 2.45) is 5.92 Å². The highest BCUT2D eigenvalue weighted by molar-refractivity contribution is 5.41.